The minimum Gasteiger partial charge on any atom is -0.370 e. The first-order valence-electron chi connectivity index (χ1n) is 5.99. The Balaban J connectivity index is 1.88. The first-order valence-corrected chi connectivity index (χ1v) is 6.37. The quantitative estimate of drug-likeness (QED) is 0.822. The summed E-state index contributed by atoms with van der Waals surface area (Å²) in [6, 6.07) is 1.94. The number of nitrogens with zero attached hydrogens (tertiary/aromatic N) is 2. The molecule has 1 aliphatic rings. The standard InChI is InChI=1S/C12H18ClN3/c1-9-7-11(16-12(13)15-9)14-8-10-5-3-2-4-6-10/h7,10H,2-6,8H2,1H3,(H,14,15,16). The van der Waals surface area contributed by atoms with Crippen LogP contribution in [0.1, 0.15) is 37.8 Å². The van der Waals surface area contributed by atoms with Crippen molar-refractivity contribution in [3.8, 4) is 0 Å². The monoisotopic (exact) mass is 239 g/mol. The zero-order chi connectivity index (χ0) is 11.4. The highest BCUT2D eigenvalue weighted by molar-refractivity contribution is 6.28. The third kappa shape index (κ3) is 3.34. The van der Waals surface area contributed by atoms with Gasteiger partial charge in [-0.2, -0.15) is 0 Å². The SMILES string of the molecule is Cc1cc(NCC2CCCCC2)nc(Cl)n1. The predicted octanol–water partition coefficient (Wildman–Crippen LogP) is 3.43. The molecule has 2 rings (SSSR count). The Morgan fingerprint density at radius 1 is 1.31 bits per heavy atom. The minimum absolute atomic E-state index is 0.325. The van der Waals surface area contributed by atoms with Gasteiger partial charge in [0.1, 0.15) is 5.82 Å². The minimum atomic E-state index is 0.325. The zero-order valence-corrected chi connectivity index (χ0v) is 10.4. The van der Waals surface area contributed by atoms with Gasteiger partial charge >= 0.3 is 0 Å². The van der Waals surface area contributed by atoms with E-state index < -0.39 is 0 Å². The van der Waals surface area contributed by atoms with Gasteiger partial charge in [-0.1, -0.05) is 19.3 Å². The summed E-state index contributed by atoms with van der Waals surface area (Å²) < 4.78 is 0. The molecule has 1 N–H and O–H groups in total. The maximum atomic E-state index is 5.81. The van der Waals surface area contributed by atoms with Crippen molar-refractivity contribution < 1.29 is 0 Å². The van der Waals surface area contributed by atoms with Gasteiger partial charge in [-0.3, -0.25) is 0 Å². The number of anilines is 1. The number of rotatable bonds is 3. The molecular formula is C12H18ClN3. The van der Waals surface area contributed by atoms with Crippen LogP contribution < -0.4 is 5.32 Å². The predicted molar refractivity (Wildman–Crippen MR) is 66.8 cm³/mol. The van der Waals surface area contributed by atoms with Crippen molar-refractivity contribution in [2.75, 3.05) is 11.9 Å². The molecule has 0 spiro atoms. The largest absolute Gasteiger partial charge is 0.370 e. The van der Waals surface area contributed by atoms with E-state index >= 15 is 0 Å². The lowest BCUT2D eigenvalue weighted by atomic mass is 9.89. The second-order valence-electron chi connectivity index (χ2n) is 4.55. The molecule has 1 heterocycles. The van der Waals surface area contributed by atoms with Crippen LogP contribution in [-0.4, -0.2) is 16.5 Å². The molecule has 0 radical (unpaired) electrons. The van der Waals surface area contributed by atoms with Gasteiger partial charge in [0.05, 0.1) is 0 Å². The Hall–Kier alpha value is -0.830. The van der Waals surface area contributed by atoms with Gasteiger partial charge in [-0.05, 0) is 37.3 Å². The molecule has 0 aromatic carbocycles. The van der Waals surface area contributed by atoms with E-state index in [0.29, 0.717) is 5.28 Å². The average Bonchev–Trinajstić information content (AvgIpc) is 2.27. The maximum absolute atomic E-state index is 5.81. The van der Waals surface area contributed by atoms with Gasteiger partial charge < -0.3 is 5.32 Å². The smallest absolute Gasteiger partial charge is 0.224 e. The van der Waals surface area contributed by atoms with E-state index in [1.807, 2.05) is 13.0 Å². The molecule has 16 heavy (non-hydrogen) atoms. The van der Waals surface area contributed by atoms with E-state index in [9.17, 15) is 0 Å². The van der Waals surface area contributed by atoms with E-state index in [2.05, 4.69) is 15.3 Å². The molecule has 0 saturated heterocycles. The lowest BCUT2D eigenvalue weighted by Gasteiger charge is -2.21. The summed E-state index contributed by atoms with van der Waals surface area (Å²) in [5.74, 6) is 1.64. The molecule has 3 nitrogen and oxygen atoms in total. The van der Waals surface area contributed by atoms with Crippen LogP contribution in [0.4, 0.5) is 5.82 Å². The Bertz CT molecular complexity index is 328. The van der Waals surface area contributed by atoms with Gasteiger partial charge in [-0.15, -0.1) is 0 Å². The third-order valence-corrected chi connectivity index (χ3v) is 3.29. The highest BCUT2D eigenvalue weighted by Gasteiger charge is 2.13. The summed E-state index contributed by atoms with van der Waals surface area (Å²) >= 11 is 5.81. The number of hydrogen-bond donors (Lipinski definition) is 1. The van der Waals surface area contributed by atoms with Gasteiger partial charge in [0.2, 0.25) is 5.28 Å². The van der Waals surface area contributed by atoms with Gasteiger partial charge in [0, 0.05) is 18.3 Å². The van der Waals surface area contributed by atoms with Crippen molar-refractivity contribution in [2.24, 2.45) is 5.92 Å². The Morgan fingerprint density at radius 2 is 2.06 bits per heavy atom. The highest BCUT2D eigenvalue weighted by atomic mass is 35.5. The Morgan fingerprint density at radius 3 is 2.75 bits per heavy atom. The van der Waals surface area contributed by atoms with Gasteiger partial charge in [-0.25, -0.2) is 9.97 Å². The second-order valence-corrected chi connectivity index (χ2v) is 4.89. The topological polar surface area (TPSA) is 37.8 Å². The molecular weight excluding hydrogens is 222 g/mol. The first-order chi connectivity index (χ1) is 7.74. The van der Waals surface area contributed by atoms with Crippen LogP contribution in [0.15, 0.2) is 6.07 Å². The summed E-state index contributed by atoms with van der Waals surface area (Å²) in [5.41, 5.74) is 0.908. The van der Waals surface area contributed by atoms with E-state index in [1.54, 1.807) is 0 Å². The van der Waals surface area contributed by atoms with E-state index in [0.717, 1.165) is 24.0 Å². The third-order valence-electron chi connectivity index (χ3n) is 3.12. The molecule has 0 atom stereocenters. The molecule has 1 aliphatic carbocycles. The van der Waals surface area contributed by atoms with Crippen molar-refractivity contribution in [3.05, 3.63) is 17.0 Å². The summed E-state index contributed by atoms with van der Waals surface area (Å²) in [6.45, 7) is 2.94. The zero-order valence-electron chi connectivity index (χ0n) is 9.67. The van der Waals surface area contributed by atoms with Crippen molar-refractivity contribution in [1.29, 1.82) is 0 Å². The van der Waals surface area contributed by atoms with Crippen molar-refractivity contribution in [1.82, 2.24) is 9.97 Å². The molecule has 0 unspecified atom stereocenters. The van der Waals surface area contributed by atoms with E-state index in [-0.39, 0.29) is 0 Å². The van der Waals surface area contributed by atoms with Crippen LogP contribution >= 0.6 is 11.6 Å². The molecule has 1 aromatic heterocycles. The fourth-order valence-electron chi connectivity index (χ4n) is 2.26. The van der Waals surface area contributed by atoms with E-state index in [4.69, 9.17) is 11.6 Å². The lowest BCUT2D eigenvalue weighted by molar-refractivity contribution is 0.373. The number of aryl methyl sites for hydroxylation is 1. The number of nitrogens with one attached hydrogen (secondary N) is 1. The van der Waals surface area contributed by atoms with Crippen LogP contribution in [0.2, 0.25) is 5.28 Å². The van der Waals surface area contributed by atoms with Crippen molar-refractivity contribution in [2.45, 2.75) is 39.0 Å². The van der Waals surface area contributed by atoms with Crippen LogP contribution in [0.3, 0.4) is 0 Å². The Kier molecular flexibility index (Phi) is 3.99. The number of hydrogen-bond acceptors (Lipinski definition) is 3. The van der Waals surface area contributed by atoms with Crippen LogP contribution in [0, 0.1) is 12.8 Å². The fraction of sp³-hybridized carbons (Fsp3) is 0.667. The fourth-order valence-corrected chi connectivity index (χ4v) is 2.49. The number of halogens is 1. The summed E-state index contributed by atoms with van der Waals surface area (Å²) in [7, 11) is 0. The highest BCUT2D eigenvalue weighted by Crippen LogP contribution is 2.23. The van der Waals surface area contributed by atoms with Crippen LogP contribution in [0.5, 0.6) is 0 Å². The molecule has 1 aromatic rings. The van der Waals surface area contributed by atoms with E-state index in [1.165, 1.54) is 32.1 Å². The molecule has 88 valence electrons. The first kappa shape index (κ1) is 11.6. The number of aromatic nitrogens is 2. The van der Waals surface area contributed by atoms with Gasteiger partial charge in [0.15, 0.2) is 0 Å². The average molecular weight is 240 g/mol. The molecule has 4 heteroatoms. The maximum Gasteiger partial charge on any atom is 0.224 e. The summed E-state index contributed by atoms with van der Waals surface area (Å²) in [6.07, 6.45) is 6.82. The van der Waals surface area contributed by atoms with Gasteiger partial charge in [0.25, 0.3) is 0 Å². The molecule has 1 fully saturated rings. The molecule has 0 amide bonds. The Labute approximate surface area is 102 Å². The summed E-state index contributed by atoms with van der Waals surface area (Å²) in [4.78, 5) is 8.20. The molecule has 1 saturated carbocycles. The molecule has 0 bridgehead atoms. The lowest BCUT2D eigenvalue weighted by Crippen LogP contribution is -2.17. The van der Waals surface area contributed by atoms with Crippen molar-refractivity contribution in [3.63, 3.8) is 0 Å². The van der Waals surface area contributed by atoms with Crippen LogP contribution in [0.25, 0.3) is 0 Å². The molecule has 0 aliphatic heterocycles. The van der Waals surface area contributed by atoms with Crippen LogP contribution in [-0.2, 0) is 0 Å². The van der Waals surface area contributed by atoms with Crippen molar-refractivity contribution >= 4 is 17.4 Å². The normalized spacial score (nSPS) is 17.4. The summed E-state index contributed by atoms with van der Waals surface area (Å²) in [5, 5.41) is 3.69. The second kappa shape index (κ2) is 5.48.